The molecule has 0 radical (unpaired) electrons. The number of hydrogen-bond acceptors (Lipinski definition) is 4. The molecule has 1 aromatic carbocycles. The molecule has 0 bridgehead atoms. The van der Waals surface area contributed by atoms with Crippen LogP contribution < -0.4 is 10.6 Å². The molecule has 2 heterocycles. The highest BCUT2D eigenvalue weighted by Gasteiger charge is 2.08. The number of fused-ring (bicyclic) bond motifs is 3. The van der Waals surface area contributed by atoms with Crippen molar-refractivity contribution >= 4 is 21.8 Å². The average Bonchev–Trinajstić information content (AvgIpc) is 2.69. The normalized spacial score (nSPS) is 14.0. The molecule has 0 aliphatic carbocycles. The molecule has 0 saturated heterocycles. The molecule has 2 atom stereocenters. The molecule has 2 aromatic heterocycles. The molecule has 4 nitrogen and oxygen atoms in total. The standard InChI is InChI=1S/C22H30N4/c1-5-15(3)23-13-19-11-9-17-7-8-18-10-12-20(14-24-16(4)6-2)26-22(18)21(17)25-19/h7-12,15-16,23-24H,5-6,13-14H2,1-4H3. The molecule has 2 unspecified atom stereocenters. The Morgan fingerprint density at radius 3 is 1.46 bits per heavy atom. The van der Waals surface area contributed by atoms with Crippen molar-refractivity contribution in [2.45, 2.75) is 65.7 Å². The summed E-state index contributed by atoms with van der Waals surface area (Å²) in [5.41, 5.74) is 4.12. The number of nitrogens with zero attached hydrogens (tertiary/aromatic N) is 2. The second-order valence-electron chi connectivity index (χ2n) is 7.19. The summed E-state index contributed by atoms with van der Waals surface area (Å²) in [5.74, 6) is 0. The smallest absolute Gasteiger partial charge is 0.0968 e. The number of benzene rings is 1. The van der Waals surface area contributed by atoms with E-state index in [1.807, 2.05) is 0 Å². The highest BCUT2D eigenvalue weighted by Crippen LogP contribution is 2.23. The second-order valence-corrected chi connectivity index (χ2v) is 7.19. The topological polar surface area (TPSA) is 49.8 Å². The Balaban J connectivity index is 1.93. The van der Waals surface area contributed by atoms with E-state index in [2.05, 4.69) is 74.7 Å². The molecule has 4 heteroatoms. The Kier molecular flexibility index (Phi) is 6.17. The van der Waals surface area contributed by atoms with Crippen molar-refractivity contribution in [3.8, 4) is 0 Å². The molecule has 2 N–H and O–H groups in total. The lowest BCUT2D eigenvalue weighted by Crippen LogP contribution is -2.25. The summed E-state index contributed by atoms with van der Waals surface area (Å²) in [5, 5.41) is 9.32. The Hall–Kier alpha value is -2.04. The Labute approximate surface area is 156 Å². The highest BCUT2D eigenvalue weighted by molar-refractivity contribution is 6.02. The monoisotopic (exact) mass is 350 g/mol. The SMILES string of the molecule is CCC(C)NCc1ccc2ccc3ccc(CNC(C)CC)nc3c2n1. The first-order chi connectivity index (χ1) is 12.6. The number of nitrogens with one attached hydrogen (secondary N) is 2. The van der Waals surface area contributed by atoms with Gasteiger partial charge < -0.3 is 10.6 Å². The number of pyridine rings is 2. The van der Waals surface area contributed by atoms with Crippen molar-refractivity contribution in [2.75, 3.05) is 0 Å². The highest BCUT2D eigenvalue weighted by atomic mass is 14.9. The largest absolute Gasteiger partial charge is 0.309 e. The fourth-order valence-corrected chi connectivity index (χ4v) is 2.89. The summed E-state index contributed by atoms with van der Waals surface area (Å²) in [6, 6.07) is 13.8. The van der Waals surface area contributed by atoms with Crippen LogP contribution in [0, 0.1) is 0 Å². The summed E-state index contributed by atoms with van der Waals surface area (Å²) >= 11 is 0. The van der Waals surface area contributed by atoms with E-state index >= 15 is 0 Å². The van der Waals surface area contributed by atoms with Crippen LogP contribution in [0.3, 0.4) is 0 Å². The first kappa shape index (κ1) is 18.7. The van der Waals surface area contributed by atoms with Crippen molar-refractivity contribution < 1.29 is 0 Å². The van der Waals surface area contributed by atoms with Crippen molar-refractivity contribution in [2.24, 2.45) is 0 Å². The molecular formula is C22H30N4. The zero-order valence-corrected chi connectivity index (χ0v) is 16.3. The van der Waals surface area contributed by atoms with Crippen LogP contribution in [0.25, 0.3) is 21.8 Å². The maximum atomic E-state index is 4.92. The van der Waals surface area contributed by atoms with E-state index in [0.29, 0.717) is 12.1 Å². The van der Waals surface area contributed by atoms with Crippen LogP contribution in [0.1, 0.15) is 51.9 Å². The molecule has 0 saturated carbocycles. The molecule has 0 spiro atoms. The minimum atomic E-state index is 0.497. The van der Waals surface area contributed by atoms with E-state index in [9.17, 15) is 0 Å². The van der Waals surface area contributed by atoms with Crippen molar-refractivity contribution in [1.29, 1.82) is 0 Å². The van der Waals surface area contributed by atoms with Gasteiger partial charge in [-0.3, -0.25) is 0 Å². The molecule has 0 aliphatic rings. The Bertz CT molecular complexity index is 802. The van der Waals surface area contributed by atoms with Crippen LogP contribution in [0.5, 0.6) is 0 Å². The lowest BCUT2D eigenvalue weighted by atomic mass is 10.1. The van der Waals surface area contributed by atoms with E-state index in [4.69, 9.17) is 9.97 Å². The maximum Gasteiger partial charge on any atom is 0.0968 e. The Morgan fingerprint density at radius 2 is 1.08 bits per heavy atom. The van der Waals surface area contributed by atoms with Crippen molar-refractivity contribution in [3.05, 3.63) is 47.8 Å². The van der Waals surface area contributed by atoms with Gasteiger partial charge in [-0.15, -0.1) is 0 Å². The van der Waals surface area contributed by atoms with Gasteiger partial charge in [-0.05, 0) is 38.8 Å². The third kappa shape index (κ3) is 4.37. The number of hydrogen-bond donors (Lipinski definition) is 2. The number of rotatable bonds is 8. The first-order valence-corrected chi connectivity index (χ1v) is 9.75. The molecule has 138 valence electrons. The zero-order chi connectivity index (χ0) is 18.5. The van der Waals surface area contributed by atoms with E-state index in [0.717, 1.165) is 59.1 Å². The van der Waals surface area contributed by atoms with Gasteiger partial charge in [0.2, 0.25) is 0 Å². The van der Waals surface area contributed by atoms with Crippen LogP contribution in [-0.2, 0) is 13.1 Å². The van der Waals surface area contributed by atoms with E-state index < -0.39 is 0 Å². The quantitative estimate of drug-likeness (QED) is 0.585. The summed E-state index contributed by atoms with van der Waals surface area (Å²) in [6.45, 7) is 10.4. The lowest BCUT2D eigenvalue weighted by molar-refractivity contribution is 0.529. The average molecular weight is 351 g/mol. The molecule has 3 aromatic rings. The molecule has 26 heavy (non-hydrogen) atoms. The van der Waals surface area contributed by atoms with Crippen LogP contribution in [0.4, 0.5) is 0 Å². The van der Waals surface area contributed by atoms with E-state index in [-0.39, 0.29) is 0 Å². The molecular weight excluding hydrogens is 320 g/mol. The Morgan fingerprint density at radius 1 is 0.692 bits per heavy atom. The van der Waals surface area contributed by atoms with Crippen LogP contribution in [-0.4, -0.2) is 22.1 Å². The third-order valence-electron chi connectivity index (χ3n) is 5.12. The van der Waals surface area contributed by atoms with Gasteiger partial charge in [0, 0.05) is 35.9 Å². The second kappa shape index (κ2) is 8.56. The molecule has 0 amide bonds. The maximum absolute atomic E-state index is 4.92. The third-order valence-corrected chi connectivity index (χ3v) is 5.12. The van der Waals surface area contributed by atoms with Gasteiger partial charge in [0.25, 0.3) is 0 Å². The van der Waals surface area contributed by atoms with Gasteiger partial charge in [0.15, 0.2) is 0 Å². The van der Waals surface area contributed by atoms with Crippen LogP contribution in [0.15, 0.2) is 36.4 Å². The summed E-state index contributed by atoms with van der Waals surface area (Å²) in [6.07, 6.45) is 2.23. The predicted molar refractivity (Wildman–Crippen MR) is 110 cm³/mol. The van der Waals surface area contributed by atoms with E-state index in [1.54, 1.807) is 0 Å². The summed E-state index contributed by atoms with van der Waals surface area (Å²) in [4.78, 5) is 9.83. The van der Waals surface area contributed by atoms with E-state index in [1.165, 1.54) is 0 Å². The van der Waals surface area contributed by atoms with Gasteiger partial charge in [-0.1, -0.05) is 38.1 Å². The van der Waals surface area contributed by atoms with Gasteiger partial charge in [-0.25, -0.2) is 9.97 Å². The van der Waals surface area contributed by atoms with Crippen LogP contribution in [0.2, 0.25) is 0 Å². The number of aromatic nitrogens is 2. The molecule has 0 aliphatic heterocycles. The van der Waals surface area contributed by atoms with Crippen LogP contribution >= 0.6 is 0 Å². The summed E-state index contributed by atoms with van der Waals surface area (Å²) < 4.78 is 0. The fourth-order valence-electron chi connectivity index (χ4n) is 2.89. The molecule has 0 fully saturated rings. The van der Waals surface area contributed by atoms with Crippen molar-refractivity contribution in [3.63, 3.8) is 0 Å². The predicted octanol–water partition coefficient (Wildman–Crippen LogP) is 4.56. The fraction of sp³-hybridized carbons (Fsp3) is 0.455. The lowest BCUT2D eigenvalue weighted by Gasteiger charge is -2.13. The molecule has 3 rings (SSSR count). The van der Waals surface area contributed by atoms with Gasteiger partial charge >= 0.3 is 0 Å². The van der Waals surface area contributed by atoms with Gasteiger partial charge in [-0.2, -0.15) is 0 Å². The van der Waals surface area contributed by atoms with Gasteiger partial charge in [0.1, 0.15) is 0 Å². The zero-order valence-electron chi connectivity index (χ0n) is 16.3. The minimum absolute atomic E-state index is 0.497. The minimum Gasteiger partial charge on any atom is -0.309 e. The van der Waals surface area contributed by atoms with Crippen molar-refractivity contribution in [1.82, 2.24) is 20.6 Å². The summed E-state index contributed by atoms with van der Waals surface area (Å²) in [7, 11) is 0. The van der Waals surface area contributed by atoms with Gasteiger partial charge in [0.05, 0.1) is 22.4 Å². The first-order valence-electron chi connectivity index (χ1n) is 9.75.